The summed E-state index contributed by atoms with van der Waals surface area (Å²) >= 11 is 0. The topological polar surface area (TPSA) is 9.23 Å². The first-order valence-electron chi connectivity index (χ1n) is 3.12. The summed E-state index contributed by atoms with van der Waals surface area (Å²) in [5, 5.41) is 0. The Kier molecular flexibility index (Phi) is 2.89. The number of halogens is 2. The zero-order valence-electron chi connectivity index (χ0n) is 5.71. The average molecular weight is 155 g/mol. The first kappa shape index (κ1) is 8.05. The molecule has 0 aliphatic carbocycles. The Morgan fingerprint density at radius 3 is 2.36 bits per heavy atom. The van der Waals surface area contributed by atoms with Gasteiger partial charge < -0.3 is 4.65 Å². The van der Waals surface area contributed by atoms with Gasteiger partial charge in [-0.05, 0) is 12.1 Å². The maximum Gasteiger partial charge on any atom is 0.449 e. The second-order valence-corrected chi connectivity index (χ2v) is 1.90. The van der Waals surface area contributed by atoms with Crippen LogP contribution in [0.4, 0.5) is 8.78 Å². The summed E-state index contributed by atoms with van der Waals surface area (Å²) in [6.07, 6.45) is -2.53. The predicted molar refractivity (Wildman–Crippen MR) is 38.8 cm³/mol. The van der Waals surface area contributed by atoms with Gasteiger partial charge in [0.2, 0.25) is 6.32 Å². The van der Waals surface area contributed by atoms with Gasteiger partial charge in [0, 0.05) is 0 Å². The summed E-state index contributed by atoms with van der Waals surface area (Å²) in [7, 11) is 0.495. The minimum absolute atomic E-state index is 0.424. The van der Waals surface area contributed by atoms with Crippen LogP contribution >= 0.6 is 0 Å². The third kappa shape index (κ3) is 3.02. The number of hydrogen-bond acceptors (Lipinski definition) is 1. The Morgan fingerprint density at radius 2 is 1.82 bits per heavy atom. The molecule has 0 bridgehead atoms. The lowest BCUT2D eigenvalue weighted by molar-refractivity contribution is 0.223. The Hall–Kier alpha value is -1.06. The van der Waals surface area contributed by atoms with Gasteiger partial charge in [-0.3, -0.25) is 0 Å². The highest BCUT2D eigenvalue weighted by atomic mass is 19.3. The van der Waals surface area contributed by atoms with Crippen LogP contribution in [0.2, 0.25) is 0 Å². The van der Waals surface area contributed by atoms with E-state index in [0.717, 1.165) is 0 Å². The molecule has 0 heterocycles. The average Bonchev–Trinajstić information content (AvgIpc) is 2.03. The Morgan fingerprint density at radius 1 is 1.18 bits per heavy atom. The van der Waals surface area contributed by atoms with Crippen LogP contribution in [-0.2, 0) is 0 Å². The van der Waals surface area contributed by atoms with Crippen LogP contribution in [0.15, 0.2) is 30.3 Å². The second-order valence-electron chi connectivity index (χ2n) is 1.90. The van der Waals surface area contributed by atoms with Crippen molar-refractivity contribution in [3.05, 3.63) is 30.3 Å². The SMILES string of the molecule is FC(F)[B]Oc1ccccc1. The minimum atomic E-state index is -2.53. The van der Waals surface area contributed by atoms with Gasteiger partial charge in [-0.1, -0.05) is 18.2 Å². The monoisotopic (exact) mass is 155 g/mol. The summed E-state index contributed by atoms with van der Waals surface area (Å²) in [5.74, 6) is 0.424. The highest BCUT2D eigenvalue weighted by Gasteiger charge is 2.07. The molecule has 1 nitrogen and oxygen atoms in total. The Labute approximate surface area is 64.3 Å². The van der Waals surface area contributed by atoms with Crippen LogP contribution in [0.5, 0.6) is 5.75 Å². The number of alkyl halides is 2. The van der Waals surface area contributed by atoms with Crippen LogP contribution in [-0.4, -0.2) is 13.8 Å². The maximum absolute atomic E-state index is 11.5. The van der Waals surface area contributed by atoms with E-state index in [-0.39, 0.29) is 0 Å². The molecule has 0 atom stereocenters. The van der Waals surface area contributed by atoms with Gasteiger partial charge in [0.15, 0.2) is 0 Å². The first-order valence-corrected chi connectivity index (χ1v) is 3.12. The molecule has 0 saturated heterocycles. The summed E-state index contributed by atoms with van der Waals surface area (Å²) in [6, 6.07) is 8.44. The van der Waals surface area contributed by atoms with Crippen LogP contribution in [0.25, 0.3) is 0 Å². The molecule has 4 heteroatoms. The quantitative estimate of drug-likeness (QED) is 0.605. The third-order valence-electron chi connectivity index (χ3n) is 1.05. The second kappa shape index (κ2) is 3.96. The predicted octanol–water partition coefficient (Wildman–Crippen LogP) is 1.91. The molecule has 0 N–H and O–H groups in total. The number of rotatable bonds is 3. The van der Waals surface area contributed by atoms with Crippen LogP contribution in [0, 0.1) is 0 Å². The van der Waals surface area contributed by atoms with Crippen molar-refractivity contribution in [3.63, 3.8) is 0 Å². The molecule has 11 heavy (non-hydrogen) atoms. The van der Waals surface area contributed by atoms with Crippen molar-refractivity contribution in [2.45, 2.75) is 6.32 Å². The summed E-state index contributed by atoms with van der Waals surface area (Å²) in [4.78, 5) is 0. The van der Waals surface area contributed by atoms with Crippen LogP contribution in [0.1, 0.15) is 0 Å². The van der Waals surface area contributed by atoms with Gasteiger partial charge in [-0.2, -0.15) is 0 Å². The Bertz CT molecular complexity index is 203. The highest BCUT2D eigenvalue weighted by molar-refractivity contribution is 6.29. The molecule has 0 unspecified atom stereocenters. The van der Waals surface area contributed by atoms with Crippen molar-refractivity contribution < 1.29 is 13.4 Å². The van der Waals surface area contributed by atoms with E-state index >= 15 is 0 Å². The van der Waals surface area contributed by atoms with E-state index in [1.165, 1.54) is 0 Å². The first-order chi connectivity index (χ1) is 5.29. The lowest BCUT2D eigenvalue weighted by Gasteiger charge is -2.01. The molecule has 0 aliphatic rings. The van der Waals surface area contributed by atoms with Crippen molar-refractivity contribution in [1.82, 2.24) is 0 Å². The fraction of sp³-hybridized carbons (Fsp3) is 0.143. The molecule has 1 aromatic carbocycles. The minimum Gasteiger partial charge on any atom is -0.557 e. The lowest BCUT2D eigenvalue weighted by atomic mass is 10.0. The van der Waals surface area contributed by atoms with E-state index in [9.17, 15) is 8.78 Å². The maximum atomic E-state index is 11.5. The van der Waals surface area contributed by atoms with Gasteiger partial charge in [-0.25, -0.2) is 8.78 Å². The summed E-state index contributed by atoms with van der Waals surface area (Å²) < 4.78 is 27.7. The van der Waals surface area contributed by atoms with Crippen molar-refractivity contribution in [1.29, 1.82) is 0 Å². The molecular weight excluding hydrogens is 149 g/mol. The van der Waals surface area contributed by atoms with Gasteiger partial charge in [0.05, 0.1) is 5.75 Å². The van der Waals surface area contributed by atoms with Crippen LogP contribution < -0.4 is 4.65 Å². The van der Waals surface area contributed by atoms with Crippen molar-refractivity contribution in [3.8, 4) is 5.75 Å². The van der Waals surface area contributed by atoms with Gasteiger partial charge in [-0.15, -0.1) is 0 Å². The van der Waals surface area contributed by atoms with Gasteiger partial charge >= 0.3 is 7.48 Å². The van der Waals surface area contributed by atoms with Crippen molar-refractivity contribution >= 4 is 7.48 Å². The van der Waals surface area contributed by atoms with E-state index < -0.39 is 6.32 Å². The molecule has 0 saturated carbocycles. The number of para-hydroxylation sites is 1. The molecule has 1 radical (unpaired) electrons. The molecule has 0 spiro atoms. The standard InChI is InChI=1S/C7H6BF2O/c9-7(10)8-11-6-4-2-1-3-5-6/h1-5,7H. The lowest BCUT2D eigenvalue weighted by Crippen LogP contribution is -2.12. The largest absolute Gasteiger partial charge is 0.557 e. The van der Waals surface area contributed by atoms with E-state index in [2.05, 4.69) is 4.65 Å². The molecule has 0 fully saturated rings. The molecule has 0 aliphatic heterocycles. The number of benzene rings is 1. The summed E-state index contributed by atoms with van der Waals surface area (Å²) in [6.45, 7) is 0. The van der Waals surface area contributed by atoms with Crippen molar-refractivity contribution in [2.24, 2.45) is 0 Å². The molecule has 0 aromatic heterocycles. The normalized spacial score (nSPS) is 9.73. The molecule has 57 valence electrons. The van der Waals surface area contributed by atoms with Gasteiger partial charge in [0.1, 0.15) is 0 Å². The van der Waals surface area contributed by atoms with Crippen LogP contribution in [0.3, 0.4) is 0 Å². The Balaban J connectivity index is 2.39. The molecular formula is C7H6BF2O. The van der Waals surface area contributed by atoms with E-state index in [1.807, 2.05) is 0 Å². The molecule has 0 amide bonds. The van der Waals surface area contributed by atoms with E-state index in [4.69, 9.17) is 0 Å². The zero-order valence-corrected chi connectivity index (χ0v) is 5.71. The fourth-order valence-corrected chi connectivity index (χ4v) is 0.629. The highest BCUT2D eigenvalue weighted by Crippen LogP contribution is 2.08. The van der Waals surface area contributed by atoms with E-state index in [0.29, 0.717) is 13.2 Å². The fourth-order valence-electron chi connectivity index (χ4n) is 0.629. The smallest absolute Gasteiger partial charge is 0.449 e. The van der Waals surface area contributed by atoms with E-state index in [1.54, 1.807) is 30.3 Å². The zero-order chi connectivity index (χ0) is 8.10. The van der Waals surface area contributed by atoms with Gasteiger partial charge in [0.25, 0.3) is 0 Å². The summed E-state index contributed by atoms with van der Waals surface area (Å²) in [5.41, 5.74) is 0. The number of hydrogen-bond donors (Lipinski definition) is 0. The molecule has 1 rings (SSSR count). The third-order valence-corrected chi connectivity index (χ3v) is 1.05. The van der Waals surface area contributed by atoms with Crippen molar-refractivity contribution in [2.75, 3.05) is 0 Å². The molecule has 1 aromatic rings.